The van der Waals surface area contributed by atoms with E-state index in [1.807, 2.05) is 0 Å². The number of nitrogens with one attached hydrogen (secondary N) is 2. The number of likely N-dealkylation sites (N-methyl/N-ethyl adjacent to an activating group) is 1. The summed E-state index contributed by atoms with van der Waals surface area (Å²) >= 11 is 0. The van der Waals surface area contributed by atoms with Crippen molar-refractivity contribution in [2.75, 3.05) is 26.7 Å². The van der Waals surface area contributed by atoms with E-state index in [-0.39, 0.29) is 24.3 Å². The van der Waals surface area contributed by atoms with Gasteiger partial charge in [0, 0.05) is 13.6 Å². The molecule has 1 atom stereocenters. The Bertz CT molecular complexity index is 334. The maximum atomic E-state index is 11.8. The molecule has 0 bridgehead atoms. The van der Waals surface area contributed by atoms with Gasteiger partial charge in [-0.3, -0.25) is 14.9 Å². The summed E-state index contributed by atoms with van der Waals surface area (Å²) < 4.78 is 0. The molecule has 2 saturated heterocycles. The Kier molecular flexibility index (Phi) is 3.19. The molecule has 0 aromatic carbocycles. The van der Waals surface area contributed by atoms with E-state index in [2.05, 4.69) is 15.6 Å². The van der Waals surface area contributed by atoms with Crippen LogP contribution in [-0.4, -0.2) is 49.4 Å². The fraction of sp³-hybridized carbons (Fsp3) is 0.700. The molecule has 0 saturated carbocycles. The summed E-state index contributed by atoms with van der Waals surface area (Å²) in [5.41, 5.74) is 0. The minimum Gasteiger partial charge on any atom is -0.336 e. The van der Waals surface area contributed by atoms with Gasteiger partial charge in [0.05, 0.1) is 12.5 Å². The van der Waals surface area contributed by atoms with E-state index >= 15 is 0 Å². The lowest BCUT2D eigenvalue weighted by atomic mass is 9.99. The van der Waals surface area contributed by atoms with Gasteiger partial charge in [-0.05, 0) is 19.4 Å². The zero-order valence-electron chi connectivity index (χ0n) is 9.32. The van der Waals surface area contributed by atoms with Crippen molar-refractivity contribution < 1.29 is 9.59 Å². The summed E-state index contributed by atoms with van der Waals surface area (Å²) in [7, 11) is 1.74. The van der Waals surface area contributed by atoms with Gasteiger partial charge in [0.1, 0.15) is 0 Å². The first kappa shape index (κ1) is 11.1. The average Bonchev–Trinajstić information content (AvgIpc) is 2.59. The molecule has 88 valence electrons. The zero-order valence-corrected chi connectivity index (χ0v) is 9.32. The molecule has 2 rings (SSSR count). The third-order valence-electron chi connectivity index (χ3n) is 2.86. The summed E-state index contributed by atoms with van der Waals surface area (Å²) in [5.74, 6) is 0.0693. The van der Waals surface area contributed by atoms with Crippen molar-refractivity contribution in [2.24, 2.45) is 10.9 Å². The Labute approximate surface area is 94.1 Å². The van der Waals surface area contributed by atoms with E-state index in [9.17, 15) is 9.59 Å². The van der Waals surface area contributed by atoms with E-state index < -0.39 is 0 Å². The minimum absolute atomic E-state index is 0.0489. The molecule has 16 heavy (non-hydrogen) atoms. The number of nitrogens with zero attached hydrogens (tertiary/aromatic N) is 2. The van der Waals surface area contributed by atoms with Crippen LogP contribution in [0.4, 0.5) is 0 Å². The lowest BCUT2D eigenvalue weighted by molar-refractivity contribution is -0.122. The molecule has 2 amide bonds. The third kappa shape index (κ3) is 2.38. The number of carbonyl (C=O) groups excluding carboxylic acids is 2. The van der Waals surface area contributed by atoms with Crippen molar-refractivity contribution in [3.63, 3.8) is 0 Å². The van der Waals surface area contributed by atoms with Crippen LogP contribution in [0.1, 0.15) is 12.8 Å². The summed E-state index contributed by atoms with van der Waals surface area (Å²) in [6.07, 6.45) is 1.88. The molecule has 0 aromatic heterocycles. The van der Waals surface area contributed by atoms with Gasteiger partial charge < -0.3 is 10.2 Å². The van der Waals surface area contributed by atoms with Gasteiger partial charge in [-0.2, -0.15) is 4.99 Å². The number of hydrogen-bond acceptors (Lipinski definition) is 3. The lowest BCUT2D eigenvalue weighted by Gasteiger charge is -2.20. The van der Waals surface area contributed by atoms with Crippen molar-refractivity contribution >= 4 is 17.8 Å². The Morgan fingerprint density at radius 2 is 2.38 bits per heavy atom. The molecule has 2 fully saturated rings. The predicted molar refractivity (Wildman–Crippen MR) is 58.8 cm³/mol. The molecule has 6 heteroatoms. The van der Waals surface area contributed by atoms with Crippen molar-refractivity contribution in [3.05, 3.63) is 0 Å². The molecule has 2 aliphatic heterocycles. The highest BCUT2D eigenvalue weighted by Crippen LogP contribution is 2.12. The summed E-state index contributed by atoms with van der Waals surface area (Å²) in [4.78, 5) is 28.5. The van der Waals surface area contributed by atoms with Crippen molar-refractivity contribution in [3.8, 4) is 0 Å². The molecule has 1 unspecified atom stereocenters. The van der Waals surface area contributed by atoms with Crippen molar-refractivity contribution in [1.29, 1.82) is 0 Å². The monoisotopic (exact) mass is 224 g/mol. The number of piperidine rings is 1. The van der Waals surface area contributed by atoms with Crippen LogP contribution in [0, 0.1) is 5.92 Å². The standard InChI is InChI=1S/C10H16N4O2/c1-14-6-8(15)12-10(14)13-9(16)7-3-2-4-11-5-7/h7,11H,2-6H2,1H3,(H,12,13,15,16). The summed E-state index contributed by atoms with van der Waals surface area (Å²) in [6, 6.07) is 0. The van der Waals surface area contributed by atoms with Crippen LogP contribution in [-0.2, 0) is 9.59 Å². The van der Waals surface area contributed by atoms with Gasteiger partial charge in [-0.15, -0.1) is 0 Å². The highest BCUT2D eigenvalue weighted by atomic mass is 16.2. The molecule has 2 heterocycles. The van der Waals surface area contributed by atoms with Crippen LogP contribution in [0.15, 0.2) is 4.99 Å². The Morgan fingerprint density at radius 1 is 1.56 bits per heavy atom. The highest BCUT2D eigenvalue weighted by molar-refractivity contribution is 6.07. The number of rotatable bonds is 1. The van der Waals surface area contributed by atoms with Crippen molar-refractivity contribution in [1.82, 2.24) is 15.5 Å². The number of hydrogen-bond donors (Lipinski definition) is 2. The smallest absolute Gasteiger partial charge is 0.253 e. The van der Waals surface area contributed by atoms with Crippen LogP contribution in [0.3, 0.4) is 0 Å². The van der Waals surface area contributed by atoms with E-state index in [1.165, 1.54) is 0 Å². The molecule has 0 aliphatic carbocycles. The largest absolute Gasteiger partial charge is 0.336 e. The first-order chi connectivity index (χ1) is 7.66. The van der Waals surface area contributed by atoms with Gasteiger partial charge in [0.15, 0.2) is 0 Å². The molecular formula is C10H16N4O2. The van der Waals surface area contributed by atoms with E-state index in [0.717, 1.165) is 19.4 Å². The van der Waals surface area contributed by atoms with Crippen LogP contribution in [0.25, 0.3) is 0 Å². The van der Waals surface area contributed by atoms with Crippen LogP contribution in [0.2, 0.25) is 0 Å². The van der Waals surface area contributed by atoms with E-state index in [4.69, 9.17) is 0 Å². The average molecular weight is 224 g/mol. The first-order valence-electron chi connectivity index (χ1n) is 5.51. The molecular weight excluding hydrogens is 208 g/mol. The van der Waals surface area contributed by atoms with Crippen LogP contribution < -0.4 is 10.6 Å². The number of guanidine groups is 1. The van der Waals surface area contributed by atoms with E-state index in [1.54, 1.807) is 11.9 Å². The fourth-order valence-electron chi connectivity index (χ4n) is 1.92. The lowest BCUT2D eigenvalue weighted by Crippen LogP contribution is -2.36. The quantitative estimate of drug-likeness (QED) is 0.595. The van der Waals surface area contributed by atoms with Gasteiger partial charge >= 0.3 is 0 Å². The zero-order chi connectivity index (χ0) is 11.5. The molecule has 0 spiro atoms. The third-order valence-corrected chi connectivity index (χ3v) is 2.86. The first-order valence-corrected chi connectivity index (χ1v) is 5.51. The van der Waals surface area contributed by atoms with Crippen LogP contribution in [0.5, 0.6) is 0 Å². The minimum atomic E-state index is -0.142. The van der Waals surface area contributed by atoms with Gasteiger partial charge in [-0.1, -0.05) is 0 Å². The fourth-order valence-corrected chi connectivity index (χ4v) is 1.92. The maximum absolute atomic E-state index is 11.8. The Morgan fingerprint density at radius 3 is 2.94 bits per heavy atom. The number of amides is 2. The summed E-state index contributed by atoms with van der Waals surface area (Å²) in [6.45, 7) is 1.93. The Balaban J connectivity index is 1.99. The van der Waals surface area contributed by atoms with E-state index in [0.29, 0.717) is 12.5 Å². The second-order valence-electron chi connectivity index (χ2n) is 4.22. The molecule has 6 nitrogen and oxygen atoms in total. The van der Waals surface area contributed by atoms with Gasteiger partial charge in [0.25, 0.3) is 5.91 Å². The highest BCUT2D eigenvalue weighted by Gasteiger charge is 2.25. The van der Waals surface area contributed by atoms with Crippen molar-refractivity contribution in [2.45, 2.75) is 12.8 Å². The van der Waals surface area contributed by atoms with Gasteiger partial charge in [0.2, 0.25) is 11.9 Å². The second-order valence-corrected chi connectivity index (χ2v) is 4.22. The predicted octanol–water partition coefficient (Wildman–Crippen LogP) is -1.07. The second kappa shape index (κ2) is 4.61. The molecule has 2 aliphatic rings. The number of aliphatic imine (C=N–C) groups is 1. The normalized spacial score (nSPS) is 28.3. The molecule has 0 aromatic rings. The molecule has 0 radical (unpaired) electrons. The topological polar surface area (TPSA) is 73.8 Å². The Hall–Kier alpha value is -1.43. The summed E-state index contributed by atoms with van der Waals surface area (Å²) in [5, 5.41) is 5.74. The van der Waals surface area contributed by atoms with Crippen LogP contribution >= 0.6 is 0 Å². The number of carbonyl (C=O) groups is 2. The maximum Gasteiger partial charge on any atom is 0.253 e. The SMILES string of the molecule is CN1CC(=O)NC1=NC(=O)C1CCCNC1. The van der Waals surface area contributed by atoms with Gasteiger partial charge in [-0.25, -0.2) is 0 Å². The molecule has 2 N–H and O–H groups in total.